The van der Waals surface area contributed by atoms with E-state index in [1.807, 2.05) is 12.1 Å². The first kappa shape index (κ1) is 21.6. The highest BCUT2D eigenvalue weighted by Crippen LogP contribution is 2.24. The Morgan fingerprint density at radius 2 is 1.75 bits per heavy atom. The molecule has 2 amide bonds. The third kappa shape index (κ3) is 6.20. The van der Waals surface area contributed by atoms with Gasteiger partial charge in [-0.15, -0.1) is 11.3 Å². The number of benzene rings is 1. The van der Waals surface area contributed by atoms with Crippen molar-refractivity contribution in [1.82, 2.24) is 5.32 Å². The summed E-state index contributed by atoms with van der Waals surface area (Å²) in [6.07, 6.45) is 1.66. The Balaban J connectivity index is 1.89. The average Bonchev–Trinajstić information content (AvgIpc) is 3.15. The molecular weight excluding hydrogens is 376 g/mol. The van der Waals surface area contributed by atoms with E-state index in [0.717, 1.165) is 0 Å². The number of carbonyl (C=O) groups is 3. The van der Waals surface area contributed by atoms with Crippen LogP contribution in [-0.4, -0.2) is 31.4 Å². The normalized spacial score (nSPS) is 10.6. The molecule has 0 fully saturated rings. The molecular formula is C21H26N2O4S. The van der Waals surface area contributed by atoms with Crippen LogP contribution in [-0.2, 0) is 9.53 Å². The molecule has 2 N–H and O–H groups in total. The molecule has 1 heterocycles. The maximum atomic E-state index is 12.5. The van der Waals surface area contributed by atoms with Crippen LogP contribution in [0, 0.1) is 0 Å². The van der Waals surface area contributed by atoms with Gasteiger partial charge in [0.25, 0.3) is 11.8 Å². The van der Waals surface area contributed by atoms with E-state index in [1.54, 1.807) is 23.6 Å². The molecule has 2 rings (SSSR count). The Labute approximate surface area is 169 Å². The Morgan fingerprint density at radius 1 is 1.04 bits per heavy atom. The Kier molecular flexibility index (Phi) is 8.19. The molecule has 0 aliphatic heterocycles. The number of esters is 1. The van der Waals surface area contributed by atoms with E-state index in [2.05, 4.69) is 29.2 Å². The Morgan fingerprint density at radius 3 is 2.39 bits per heavy atom. The number of methoxy groups -OCH3 is 1. The lowest BCUT2D eigenvalue weighted by molar-refractivity contribution is -0.140. The number of ether oxygens (including phenoxy) is 1. The fourth-order valence-electron chi connectivity index (χ4n) is 2.57. The van der Waals surface area contributed by atoms with E-state index in [1.165, 1.54) is 24.0 Å². The van der Waals surface area contributed by atoms with Gasteiger partial charge in [0.2, 0.25) is 0 Å². The fraction of sp³-hybridized carbons (Fsp3) is 0.381. The van der Waals surface area contributed by atoms with Crippen LogP contribution < -0.4 is 10.6 Å². The zero-order valence-electron chi connectivity index (χ0n) is 16.4. The summed E-state index contributed by atoms with van der Waals surface area (Å²) in [7, 11) is 1.36. The van der Waals surface area contributed by atoms with E-state index in [4.69, 9.17) is 0 Å². The summed E-state index contributed by atoms with van der Waals surface area (Å²) < 4.78 is 4.58. The largest absolute Gasteiger partial charge is 0.469 e. The molecule has 0 spiro atoms. The second-order valence-corrected chi connectivity index (χ2v) is 7.60. The number of anilines is 1. The van der Waals surface area contributed by atoms with Crippen molar-refractivity contribution < 1.29 is 19.1 Å². The van der Waals surface area contributed by atoms with Crippen LogP contribution in [0.4, 0.5) is 5.00 Å². The number of carbonyl (C=O) groups excluding carboxylic acids is 3. The summed E-state index contributed by atoms with van der Waals surface area (Å²) in [6.45, 7) is 4.65. The van der Waals surface area contributed by atoms with Crippen molar-refractivity contribution in [1.29, 1.82) is 0 Å². The van der Waals surface area contributed by atoms with Gasteiger partial charge in [-0.25, -0.2) is 0 Å². The summed E-state index contributed by atoms with van der Waals surface area (Å²) >= 11 is 1.31. The predicted molar refractivity (Wildman–Crippen MR) is 111 cm³/mol. The van der Waals surface area contributed by atoms with Crippen molar-refractivity contribution in [3.8, 4) is 0 Å². The van der Waals surface area contributed by atoms with E-state index >= 15 is 0 Å². The van der Waals surface area contributed by atoms with Gasteiger partial charge in [0.05, 0.1) is 12.7 Å². The molecule has 7 heteroatoms. The topological polar surface area (TPSA) is 84.5 Å². The maximum absolute atomic E-state index is 12.5. The number of amides is 2. The molecule has 28 heavy (non-hydrogen) atoms. The van der Waals surface area contributed by atoms with Crippen LogP contribution in [0.25, 0.3) is 0 Å². The van der Waals surface area contributed by atoms with Crippen molar-refractivity contribution in [2.45, 2.75) is 39.0 Å². The smallest absolute Gasteiger partial charge is 0.305 e. The first-order valence-electron chi connectivity index (χ1n) is 9.26. The number of nitrogens with one attached hydrogen (secondary N) is 2. The average molecular weight is 403 g/mol. The zero-order valence-corrected chi connectivity index (χ0v) is 17.2. The number of hydrogen-bond acceptors (Lipinski definition) is 5. The molecule has 6 nitrogen and oxygen atoms in total. The number of hydrogen-bond donors (Lipinski definition) is 2. The zero-order chi connectivity index (χ0) is 20.5. The number of rotatable bonds is 9. The van der Waals surface area contributed by atoms with Gasteiger partial charge in [0.15, 0.2) is 0 Å². The Bertz CT molecular complexity index is 812. The second kappa shape index (κ2) is 10.6. The SMILES string of the molecule is COC(=O)CCCCNC(=O)c1ccsc1NC(=O)c1ccc(C(C)C)cc1. The van der Waals surface area contributed by atoms with E-state index in [9.17, 15) is 14.4 Å². The molecule has 0 bridgehead atoms. The van der Waals surface area contributed by atoms with E-state index in [-0.39, 0.29) is 17.8 Å². The Hall–Kier alpha value is -2.67. The lowest BCUT2D eigenvalue weighted by Gasteiger charge is -2.09. The monoisotopic (exact) mass is 402 g/mol. The van der Waals surface area contributed by atoms with Crippen LogP contribution in [0.5, 0.6) is 0 Å². The summed E-state index contributed by atoms with van der Waals surface area (Å²) in [5, 5.41) is 7.92. The quantitative estimate of drug-likeness (QED) is 0.486. The summed E-state index contributed by atoms with van der Waals surface area (Å²) in [5.41, 5.74) is 2.15. The van der Waals surface area contributed by atoms with Crippen molar-refractivity contribution >= 4 is 34.1 Å². The molecule has 0 unspecified atom stereocenters. The lowest BCUT2D eigenvalue weighted by atomic mass is 10.0. The highest BCUT2D eigenvalue weighted by molar-refractivity contribution is 7.14. The molecule has 150 valence electrons. The molecule has 0 radical (unpaired) electrons. The van der Waals surface area contributed by atoms with Gasteiger partial charge < -0.3 is 15.4 Å². The van der Waals surface area contributed by atoms with Crippen molar-refractivity contribution in [3.63, 3.8) is 0 Å². The van der Waals surface area contributed by atoms with Crippen LogP contribution in [0.15, 0.2) is 35.7 Å². The van der Waals surface area contributed by atoms with Crippen molar-refractivity contribution in [2.24, 2.45) is 0 Å². The molecule has 0 aliphatic rings. The van der Waals surface area contributed by atoms with Gasteiger partial charge in [-0.3, -0.25) is 14.4 Å². The van der Waals surface area contributed by atoms with Crippen LogP contribution in [0.3, 0.4) is 0 Å². The standard InChI is InChI=1S/C21H26N2O4S/c1-14(2)15-7-9-16(10-8-15)19(25)23-21-17(11-13-28-21)20(26)22-12-5-4-6-18(24)27-3/h7-11,13-14H,4-6,12H2,1-3H3,(H,22,26)(H,23,25). The second-order valence-electron chi connectivity index (χ2n) is 6.68. The first-order chi connectivity index (χ1) is 13.4. The van der Waals surface area contributed by atoms with Crippen LogP contribution >= 0.6 is 11.3 Å². The van der Waals surface area contributed by atoms with Gasteiger partial charge in [0.1, 0.15) is 5.00 Å². The van der Waals surface area contributed by atoms with Crippen molar-refractivity contribution in [2.75, 3.05) is 19.0 Å². The molecule has 0 saturated heterocycles. The fourth-order valence-corrected chi connectivity index (χ4v) is 3.35. The highest BCUT2D eigenvalue weighted by Gasteiger charge is 2.16. The van der Waals surface area contributed by atoms with Gasteiger partial charge in [-0.2, -0.15) is 0 Å². The van der Waals surface area contributed by atoms with Crippen LogP contribution in [0.1, 0.15) is 65.3 Å². The minimum atomic E-state index is -0.254. The van der Waals surface area contributed by atoms with E-state index in [0.29, 0.717) is 47.9 Å². The van der Waals surface area contributed by atoms with E-state index < -0.39 is 0 Å². The maximum Gasteiger partial charge on any atom is 0.305 e. The molecule has 0 atom stereocenters. The third-order valence-corrected chi connectivity index (χ3v) is 5.13. The van der Waals surface area contributed by atoms with Gasteiger partial charge in [0, 0.05) is 18.5 Å². The molecule has 0 saturated carbocycles. The number of thiophene rings is 1. The predicted octanol–water partition coefficient (Wildman–Crippen LogP) is 4.20. The molecule has 1 aromatic heterocycles. The molecule has 2 aromatic rings. The van der Waals surface area contributed by atoms with Crippen LogP contribution in [0.2, 0.25) is 0 Å². The van der Waals surface area contributed by atoms with Gasteiger partial charge in [-0.05, 0) is 47.9 Å². The minimum Gasteiger partial charge on any atom is -0.469 e. The lowest BCUT2D eigenvalue weighted by Crippen LogP contribution is -2.25. The molecule has 1 aromatic carbocycles. The van der Waals surface area contributed by atoms with Gasteiger partial charge in [-0.1, -0.05) is 26.0 Å². The third-order valence-electron chi connectivity index (χ3n) is 4.30. The first-order valence-corrected chi connectivity index (χ1v) is 10.1. The summed E-state index contributed by atoms with van der Waals surface area (Å²) in [6, 6.07) is 9.15. The summed E-state index contributed by atoms with van der Waals surface area (Å²) in [5.74, 6) is -0.345. The van der Waals surface area contributed by atoms with Crippen molar-refractivity contribution in [3.05, 3.63) is 52.4 Å². The molecule has 0 aliphatic carbocycles. The highest BCUT2D eigenvalue weighted by atomic mass is 32.1. The number of unbranched alkanes of at least 4 members (excludes halogenated alkanes) is 1. The summed E-state index contributed by atoms with van der Waals surface area (Å²) in [4.78, 5) is 35.9. The van der Waals surface area contributed by atoms with Gasteiger partial charge >= 0.3 is 5.97 Å². The minimum absolute atomic E-state index is 0.245.